The van der Waals surface area contributed by atoms with Gasteiger partial charge >= 0.3 is 0 Å². The third-order valence-corrected chi connectivity index (χ3v) is 3.95. The smallest absolute Gasteiger partial charge is 0.263 e. The first kappa shape index (κ1) is 16.2. The molecule has 2 heterocycles. The molecule has 0 N–H and O–H groups in total. The van der Waals surface area contributed by atoms with Crippen LogP contribution in [0.2, 0.25) is 0 Å². The van der Waals surface area contributed by atoms with E-state index in [1.165, 1.54) is 0 Å². The highest BCUT2D eigenvalue weighted by atomic mass is 16.2. The van der Waals surface area contributed by atoms with Gasteiger partial charge in [0, 0.05) is 36.5 Å². The van der Waals surface area contributed by atoms with Gasteiger partial charge in [-0.2, -0.15) is 0 Å². The summed E-state index contributed by atoms with van der Waals surface area (Å²) in [6, 6.07) is 12.8. The zero-order valence-electron chi connectivity index (χ0n) is 14.0. The Bertz CT molecular complexity index is 819. The number of hydrogen-bond acceptors (Lipinski definition) is 3. The van der Waals surface area contributed by atoms with Crippen LogP contribution >= 0.6 is 0 Å². The van der Waals surface area contributed by atoms with E-state index in [1.807, 2.05) is 44.2 Å². The minimum atomic E-state index is -0.130. The van der Waals surface area contributed by atoms with Crippen LogP contribution < -0.4 is 10.4 Å². The lowest BCUT2D eigenvalue weighted by Gasteiger charge is -2.16. The van der Waals surface area contributed by atoms with E-state index < -0.39 is 0 Å². The maximum atomic E-state index is 12.8. The highest BCUT2D eigenvalue weighted by Crippen LogP contribution is 2.21. The molecule has 1 aliphatic heterocycles. The number of aromatic nitrogens is 1. The summed E-state index contributed by atoms with van der Waals surface area (Å²) >= 11 is 0. The lowest BCUT2D eigenvalue weighted by Crippen LogP contribution is -2.28. The van der Waals surface area contributed by atoms with E-state index in [0.717, 1.165) is 18.7 Å². The van der Waals surface area contributed by atoms with Crippen molar-refractivity contribution in [3.8, 4) is 0 Å². The van der Waals surface area contributed by atoms with Gasteiger partial charge in [0.05, 0.1) is 0 Å². The third kappa shape index (κ3) is 3.30. The zero-order valence-corrected chi connectivity index (χ0v) is 14.0. The van der Waals surface area contributed by atoms with E-state index in [4.69, 9.17) is 0 Å². The monoisotopic (exact) mass is 323 g/mol. The molecular formula is C19H21N3O2. The predicted molar refractivity (Wildman–Crippen MR) is 92.9 cm³/mol. The zero-order chi connectivity index (χ0) is 17.1. The van der Waals surface area contributed by atoms with Gasteiger partial charge in [-0.3, -0.25) is 19.1 Å². The maximum absolute atomic E-state index is 12.8. The summed E-state index contributed by atoms with van der Waals surface area (Å²) in [6.45, 7) is 4.70. The first-order valence-electron chi connectivity index (χ1n) is 8.23. The Hall–Kier alpha value is -2.69. The molecule has 1 aromatic carbocycles. The Labute approximate surface area is 141 Å². The fourth-order valence-electron chi connectivity index (χ4n) is 2.82. The fraction of sp³-hybridized carbons (Fsp3) is 0.316. The Balaban J connectivity index is 1.90. The number of anilines is 1. The molecule has 0 aliphatic carbocycles. The second kappa shape index (κ2) is 6.83. The van der Waals surface area contributed by atoms with E-state index in [1.54, 1.807) is 27.8 Å². The Kier molecular flexibility index (Phi) is 4.60. The van der Waals surface area contributed by atoms with Crippen LogP contribution in [0, 0.1) is 0 Å². The maximum Gasteiger partial charge on any atom is 0.263 e. The van der Waals surface area contributed by atoms with Crippen molar-refractivity contribution >= 4 is 17.5 Å². The standard InChI is InChI=1S/C19H21N3O2/c1-14(2)20-17-6-3-4-12-22(17)19(24)15-8-10-16(11-9-15)21-13-5-7-18(21)23/h3-4,6,8-12,14H,5,7,13H2,1-2H3. The Morgan fingerprint density at radius 2 is 1.88 bits per heavy atom. The second-order valence-electron chi connectivity index (χ2n) is 6.15. The van der Waals surface area contributed by atoms with Gasteiger partial charge in [-0.05, 0) is 56.7 Å². The number of amides is 1. The van der Waals surface area contributed by atoms with E-state index in [-0.39, 0.29) is 17.9 Å². The highest BCUT2D eigenvalue weighted by molar-refractivity contribution is 5.98. The average molecular weight is 323 g/mol. The number of benzene rings is 1. The van der Waals surface area contributed by atoms with Crippen LogP contribution in [0.1, 0.15) is 37.0 Å². The molecule has 0 saturated carbocycles. The number of carbonyl (C=O) groups excluding carboxylic acids is 2. The van der Waals surface area contributed by atoms with Crippen molar-refractivity contribution in [3.63, 3.8) is 0 Å². The van der Waals surface area contributed by atoms with Gasteiger partial charge in [0.15, 0.2) is 0 Å². The van der Waals surface area contributed by atoms with Crippen molar-refractivity contribution in [3.05, 3.63) is 59.7 Å². The summed E-state index contributed by atoms with van der Waals surface area (Å²) in [5, 5.41) is 0. The van der Waals surface area contributed by atoms with Crippen LogP contribution in [0.3, 0.4) is 0 Å². The number of nitrogens with zero attached hydrogens (tertiary/aromatic N) is 3. The topological polar surface area (TPSA) is 54.7 Å². The molecule has 5 nitrogen and oxygen atoms in total. The molecular weight excluding hydrogens is 302 g/mol. The number of rotatable bonds is 3. The predicted octanol–water partition coefficient (Wildman–Crippen LogP) is 2.61. The Morgan fingerprint density at radius 3 is 2.50 bits per heavy atom. The molecule has 1 saturated heterocycles. The summed E-state index contributed by atoms with van der Waals surface area (Å²) in [4.78, 5) is 30.8. The summed E-state index contributed by atoms with van der Waals surface area (Å²) in [7, 11) is 0. The quantitative estimate of drug-likeness (QED) is 0.872. The normalized spacial score (nSPS) is 15.4. The first-order valence-corrected chi connectivity index (χ1v) is 8.23. The van der Waals surface area contributed by atoms with Crippen LogP contribution in [-0.4, -0.2) is 29.0 Å². The first-order chi connectivity index (χ1) is 11.6. The van der Waals surface area contributed by atoms with Crippen LogP contribution in [-0.2, 0) is 4.79 Å². The molecule has 1 aromatic heterocycles. The van der Waals surface area contributed by atoms with Crippen molar-refractivity contribution in [1.29, 1.82) is 0 Å². The number of pyridine rings is 1. The largest absolute Gasteiger partial charge is 0.312 e. The van der Waals surface area contributed by atoms with Gasteiger partial charge in [0.2, 0.25) is 5.91 Å². The molecule has 24 heavy (non-hydrogen) atoms. The minimum Gasteiger partial charge on any atom is -0.312 e. The molecule has 1 fully saturated rings. The molecule has 0 bridgehead atoms. The molecule has 0 spiro atoms. The van der Waals surface area contributed by atoms with Gasteiger partial charge in [-0.25, -0.2) is 0 Å². The molecule has 1 aliphatic rings. The summed E-state index contributed by atoms with van der Waals surface area (Å²) in [5.41, 5.74) is 2.05. The lowest BCUT2D eigenvalue weighted by atomic mass is 10.2. The molecule has 0 unspecified atom stereocenters. The highest BCUT2D eigenvalue weighted by Gasteiger charge is 2.21. The van der Waals surface area contributed by atoms with E-state index in [0.29, 0.717) is 17.5 Å². The fourth-order valence-corrected chi connectivity index (χ4v) is 2.82. The SMILES string of the molecule is CC(C)N=c1ccccn1C(=O)c1ccc(N2CCCC2=O)cc1. The van der Waals surface area contributed by atoms with E-state index >= 15 is 0 Å². The molecule has 0 radical (unpaired) electrons. The van der Waals surface area contributed by atoms with Crippen LogP contribution in [0.15, 0.2) is 53.7 Å². The summed E-state index contributed by atoms with van der Waals surface area (Å²) in [5.74, 6) is 0.0128. The molecule has 0 atom stereocenters. The van der Waals surface area contributed by atoms with Gasteiger partial charge in [0.1, 0.15) is 5.49 Å². The molecule has 5 heteroatoms. The van der Waals surface area contributed by atoms with Gasteiger partial charge < -0.3 is 4.90 Å². The Morgan fingerprint density at radius 1 is 1.12 bits per heavy atom. The minimum absolute atomic E-state index is 0.106. The summed E-state index contributed by atoms with van der Waals surface area (Å²) < 4.78 is 1.55. The average Bonchev–Trinajstić information content (AvgIpc) is 3.00. The van der Waals surface area contributed by atoms with E-state index in [9.17, 15) is 9.59 Å². The van der Waals surface area contributed by atoms with Crippen molar-refractivity contribution in [2.45, 2.75) is 32.7 Å². The van der Waals surface area contributed by atoms with Crippen molar-refractivity contribution in [1.82, 2.24) is 4.57 Å². The van der Waals surface area contributed by atoms with Gasteiger partial charge in [-0.1, -0.05) is 6.07 Å². The van der Waals surface area contributed by atoms with Crippen molar-refractivity contribution in [2.24, 2.45) is 4.99 Å². The molecule has 124 valence electrons. The second-order valence-corrected chi connectivity index (χ2v) is 6.15. The van der Waals surface area contributed by atoms with Crippen molar-refractivity contribution < 1.29 is 9.59 Å². The number of carbonyl (C=O) groups is 2. The lowest BCUT2D eigenvalue weighted by molar-refractivity contribution is -0.117. The van der Waals surface area contributed by atoms with E-state index in [2.05, 4.69) is 4.99 Å². The summed E-state index contributed by atoms with van der Waals surface area (Å²) in [6.07, 6.45) is 3.21. The molecule has 2 aromatic rings. The van der Waals surface area contributed by atoms with Crippen molar-refractivity contribution in [2.75, 3.05) is 11.4 Å². The third-order valence-electron chi connectivity index (χ3n) is 3.95. The van der Waals surface area contributed by atoms with Crippen LogP contribution in [0.5, 0.6) is 0 Å². The van der Waals surface area contributed by atoms with Crippen LogP contribution in [0.25, 0.3) is 0 Å². The van der Waals surface area contributed by atoms with Crippen LogP contribution in [0.4, 0.5) is 5.69 Å². The van der Waals surface area contributed by atoms with Gasteiger partial charge in [-0.15, -0.1) is 0 Å². The number of hydrogen-bond donors (Lipinski definition) is 0. The molecule has 3 rings (SSSR count). The van der Waals surface area contributed by atoms with Gasteiger partial charge in [0.25, 0.3) is 5.91 Å². The molecule has 1 amide bonds.